The van der Waals surface area contributed by atoms with Crippen molar-refractivity contribution < 1.29 is 10.2 Å². The van der Waals surface area contributed by atoms with E-state index < -0.39 is 12.2 Å². The number of hydrogen-bond donors (Lipinski definition) is 4. The summed E-state index contributed by atoms with van der Waals surface area (Å²) in [6, 6.07) is 6.48. The summed E-state index contributed by atoms with van der Waals surface area (Å²) in [5.74, 6) is 0.146. The van der Waals surface area contributed by atoms with Crippen molar-refractivity contribution in [1.29, 1.82) is 5.26 Å². The van der Waals surface area contributed by atoms with E-state index in [-0.39, 0.29) is 11.3 Å². The molecule has 0 aromatic heterocycles. The highest BCUT2D eigenvalue weighted by Gasteiger charge is 2.17. The molecule has 0 radical (unpaired) electrons. The van der Waals surface area contributed by atoms with E-state index in [0.29, 0.717) is 11.3 Å². The standard InChI is InChI=1S/C10H12N2O2S/c11-4-7-3-6(1-2-8(7)12)10(14)9(13)5-15/h1-3,9-10,13-15H,5,12H2. The molecule has 2 atom stereocenters. The first-order valence-electron chi connectivity index (χ1n) is 4.36. The van der Waals surface area contributed by atoms with Crippen LogP contribution in [0.4, 0.5) is 5.69 Å². The summed E-state index contributed by atoms with van der Waals surface area (Å²) in [7, 11) is 0. The van der Waals surface area contributed by atoms with Crippen LogP contribution in [0.1, 0.15) is 17.2 Å². The Morgan fingerprint density at radius 2 is 2.13 bits per heavy atom. The molecule has 0 amide bonds. The SMILES string of the molecule is N#Cc1cc(C(O)C(O)CS)ccc1N. The minimum absolute atomic E-state index is 0.146. The second-order valence-corrected chi connectivity index (χ2v) is 3.52. The summed E-state index contributed by atoms with van der Waals surface area (Å²) in [4.78, 5) is 0. The van der Waals surface area contributed by atoms with Crippen LogP contribution in [-0.2, 0) is 0 Å². The van der Waals surface area contributed by atoms with Gasteiger partial charge in [0.1, 0.15) is 12.2 Å². The van der Waals surface area contributed by atoms with Gasteiger partial charge in [-0.2, -0.15) is 17.9 Å². The molecule has 0 bridgehead atoms. The number of nitrogen functional groups attached to an aromatic ring is 1. The zero-order valence-corrected chi connectivity index (χ0v) is 8.85. The van der Waals surface area contributed by atoms with E-state index in [0.717, 1.165) is 0 Å². The molecule has 0 aliphatic heterocycles. The molecule has 5 heteroatoms. The molecule has 15 heavy (non-hydrogen) atoms. The molecule has 2 unspecified atom stereocenters. The summed E-state index contributed by atoms with van der Waals surface area (Å²) in [6.07, 6.45) is -2.00. The maximum Gasteiger partial charge on any atom is 0.106 e. The summed E-state index contributed by atoms with van der Waals surface area (Å²) < 4.78 is 0. The van der Waals surface area contributed by atoms with Crippen LogP contribution in [0.25, 0.3) is 0 Å². The van der Waals surface area contributed by atoms with Gasteiger partial charge in [0.2, 0.25) is 0 Å². The summed E-state index contributed by atoms with van der Waals surface area (Å²) in [5.41, 5.74) is 6.63. The van der Waals surface area contributed by atoms with E-state index in [1.165, 1.54) is 12.1 Å². The monoisotopic (exact) mass is 224 g/mol. The number of hydrogen-bond acceptors (Lipinski definition) is 5. The van der Waals surface area contributed by atoms with Gasteiger partial charge in [0, 0.05) is 11.4 Å². The van der Waals surface area contributed by atoms with E-state index in [9.17, 15) is 10.2 Å². The van der Waals surface area contributed by atoms with Crippen molar-refractivity contribution in [3.63, 3.8) is 0 Å². The van der Waals surface area contributed by atoms with Gasteiger partial charge < -0.3 is 15.9 Å². The number of rotatable bonds is 3. The Balaban J connectivity index is 3.02. The Morgan fingerprint density at radius 1 is 1.47 bits per heavy atom. The third-order valence-corrected chi connectivity index (χ3v) is 2.46. The molecule has 1 rings (SSSR count). The third kappa shape index (κ3) is 2.63. The Morgan fingerprint density at radius 3 is 2.67 bits per heavy atom. The summed E-state index contributed by atoms with van der Waals surface area (Å²) >= 11 is 3.87. The van der Waals surface area contributed by atoms with Gasteiger partial charge in [0.15, 0.2) is 0 Å². The van der Waals surface area contributed by atoms with Gasteiger partial charge in [-0.05, 0) is 17.7 Å². The molecule has 4 N–H and O–H groups in total. The quantitative estimate of drug-likeness (QED) is 0.443. The Bertz CT molecular complexity index is 389. The number of aliphatic hydroxyl groups excluding tert-OH is 2. The van der Waals surface area contributed by atoms with Gasteiger partial charge in [-0.25, -0.2) is 0 Å². The number of nitrogens with zero attached hydrogens (tertiary/aromatic N) is 1. The first kappa shape index (κ1) is 11.9. The molecule has 0 fully saturated rings. The summed E-state index contributed by atoms with van der Waals surface area (Å²) in [6.45, 7) is 0. The topological polar surface area (TPSA) is 90.3 Å². The molecule has 80 valence electrons. The van der Waals surface area contributed by atoms with Crippen molar-refractivity contribution in [3.8, 4) is 6.07 Å². The fourth-order valence-electron chi connectivity index (χ4n) is 1.18. The normalized spacial score (nSPS) is 14.3. The second kappa shape index (κ2) is 5.03. The number of nitriles is 1. The third-order valence-electron chi connectivity index (χ3n) is 2.09. The van der Waals surface area contributed by atoms with E-state index in [2.05, 4.69) is 12.6 Å². The lowest BCUT2D eigenvalue weighted by Gasteiger charge is -2.16. The van der Waals surface area contributed by atoms with Crippen LogP contribution < -0.4 is 5.73 Å². The lowest BCUT2D eigenvalue weighted by Crippen LogP contribution is -2.19. The van der Waals surface area contributed by atoms with E-state index in [1.807, 2.05) is 6.07 Å². The predicted molar refractivity (Wildman–Crippen MR) is 60.4 cm³/mol. The lowest BCUT2D eigenvalue weighted by molar-refractivity contribution is 0.0337. The minimum atomic E-state index is -1.05. The molecule has 1 aromatic rings. The van der Waals surface area contributed by atoms with Gasteiger partial charge >= 0.3 is 0 Å². The number of benzene rings is 1. The Labute approximate surface area is 93.4 Å². The Kier molecular flexibility index (Phi) is 3.97. The first-order chi connectivity index (χ1) is 7.10. The molecular formula is C10H12N2O2S. The lowest BCUT2D eigenvalue weighted by atomic mass is 10.0. The number of thiol groups is 1. The van der Waals surface area contributed by atoms with Crippen LogP contribution in [0.15, 0.2) is 18.2 Å². The summed E-state index contributed by atoms with van der Waals surface area (Å²) in [5, 5.41) is 27.8. The average Bonchev–Trinajstić information content (AvgIpc) is 2.27. The second-order valence-electron chi connectivity index (χ2n) is 3.15. The van der Waals surface area contributed by atoms with Gasteiger partial charge in [0.05, 0.1) is 11.7 Å². The molecule has 0 aliphatic carbocycles. The van der Waals surface area contributed by atoms with Gasteiger partial charge in [-0.1, -0.05) is 6.07 Å². The highest BCUT2D eigenvalue weighted by atomic mass is 32.1. The number of nitrogens with two attached hydrogens (primary N) is 1. The van der Waals surface area contributed by atoms with Gasteiger partial charge in [-0.15, -0.1) is 0 Å². The highest BCUT2D eigenvalue weighted by Crippen LogP contribution is 2.21. The van der Waals surface area contributed by atoms with E-state index in [1.54, 1.807) is 6.07 Å². The fourth-order valence-corrected chi connectivity index (χ4v) is 1.38. The molecule has 0 aliphatic rings. The molecule has 0 saturated heterocycles. The Hall–Kier alpha value is -1.22. The maximum atomic E-state index is 9.65. The first-order valence-corrected chi connectivity index (χ1v) is 5.00. The fraction of sp³-hybridized carbons (Fsp3) is 0.300. The van der Waals surface area contributed by atoms with Crippen LogP contribution in [0.5, 0.6) is 0 Å². The van der Waals surface area contributed by atoms with Crippen molar-refractivity contribution in [2.45, 2.75) is 12.2 Å². The van der Waals surface area contributed by atoms with Crippen molar-refractivity contribution in [1.82, 2.24) is 0 Å². The molecular weight excluding hydrogens is 212 g/mol. The van der Waals surface area contributed by atoms with Crippen molar-refractivity contribution >= 4 is 18.3 Å². The van der Waals surface area contributed by atoms with Crippen molar-refractivity contribution in [2.24, 2.45) is 0 Å². The van der Waals surface area contributed by atoms with Crippen LogP contribution in [0.3, 0.4) is 0 Å². The van der Waals surface area contributed by atoms with E-state index in [4.69, 9.17) is 11.0 Å². The smallest absolute Gasteiger partial charge is 0.106 e. The van der Waals surface area contributed by atoms with Crippen LogP contribution in [0.2, 0.25) is 0 Å². The maximum absolute atomic E-state index is 9.65. The average molecular weight is 224 g/mol. The zero-order valence-electron chi connectivity index (χ0n) is 7.96. The molecule has 4 nitrogen and oxygen atoms in total. The van der Waals surface area contributed by atoms with Crippen LogP contribution in [0, 0.1) is 11.3 Å². The molecule has 0 spiro atoms. The minimum Gasteiger partial charge on any atom is -0.398 e. The van der Waals surface area contributed by atoms with E-state index >= 15 is 0 Å². The zero-order chi connectivity index (χ0) is 11.4. The predicted octanol–water partition coefficient (Wildman–Crippen LogP) is 0.465. The van der Waals surface area contributed by atoms with Gasteiger partial charge in [0.25, 0.3) is 0 Å². The van der Waals surface area contributed by atoms with Crippen molar-refractivity contribution in [3.05, 3.63) is 29.3 Å². The molecule has 0 saturated carbocycles. The van der Waals surface area contributed by atoms with Crippen molar-refractivity contribution in [2.75, 3.05) is 11.5 Å². The van der Waals surface area contributed by atoms with Crippen LogP contribution >= 0.6 is 12.6 Å². The highest BCUT2D eigenvalue weighted by molar-refractivity contribution is 7.80. The largest absolute Gasteiger partial charge is 0.398 e. The molecule has 0 heterocycles. The molecule has 1 aromatic carbocycles. The number of anilines is 1. The number of aliphatic hydroxyl groups is 2. The van der Waals surface area contributed by atoms with Crippen LogP contribution in [-0.4, -0.2) is 22.1 Å². The van der Waals surface area contributed by atoms with Gasteiger partial charge in [-0.3, -0.25) is 0 Å².